The molecule has 0 bridgehead atoms. The molecule has 2 aromatic heterocycles. The summed E-state index contributed by atoms with van der Waals surface area (Å²) in [5.41, 5.74) is 1.12. The first-order valence-corrected chi connectivity index (χ1v) is 6.78. The third-order valence-corrected chi connectivity index (χ3v) is 3.30. The molecule has 0 aliphatic heterocycles. The van der Waals surface area contributed by atoms with Gasteiger partial charge >= 0.3 is 0 Å². The molecule has 0 saturated heterocycles. The molecular weight excluding hydrogens is 270 g/mol. The van der Waals surface area contributed by atoms with Crippen molar-refractivity contribution in [3.05, 3.63) is 39.9 Å². The van der Waals surface area contributed by atoms with Crippen molar-refractivity contribution in [2.45, 2.75) is 26.7 Å². The molecule has 21 heavy (non-hydrogen) atoms. The quantitative estimate of drug-likeness (QED) is 0.771. The van der Waals surface area contributed by atoms with Gasteiger partial charge in [-0.25, -0.2) is 0 Å². The van der Waals surface area contributed by atoms with Crippen molar-refractivity contribution in [3.8, 4) is 17.2 Å². The van der Waals surface area contributed by atoms with E-state index in [0.717, 1.165) is 12.0 Å². The maximum Gasteiger partial charge on any atom is 0.267 e. The van der Waals surface area contributed by atoms with Crippen LogP contribution in [0.15, 0.2) is 27.5 Å². The first kappa shape index (κ1) is 13.4. The van der Waals surface area contributed by atoms with Crippen molar-refractivity contribution in [2.24, 2.45) is 0 Å². The molecular formula is C15H15N3O3. The van der Waals surface area contributed by atoms with Crippen LogP contribution in [0.4, 0.5) is 0 Å². The van der Waals surface area contributed by atoms with Gasteiger partial charge in [-0.2, -0.15) is 4.98 Å². The zero-order valence-electron chi connectivity index (χ0n) is 11.8. The minimum Gasteiger partial charge on any atom is -0.506 e. The van der Waals surface area contributed by atoms with Crippen LogP contribution in [-0.4, -0.2) is 20.2 Å². The standard InChI is InChI=1S/C15H15N3O3/c1-3-4-11-17-15(21-18-11)12-13(19)9-7-8(2)5-6-10(9)16-14(12)20/h5-7H,3-4H2,1-2H3,(H2,16,19,20). The summed E-state index contributed by atoms with van der Waals surface area (Å²) in [6.07, 6.45) is 1.53. The Morgan fingerprint density at radius 1 is 1.38 bits per heavy atom. The zero-order chi connectivity index (χ0) is 15.0. The van der Waals surface area contributed by atoms with E-state index >= 15 is 0 Å². The predicted molar refractivity (Wildman–Crippen MR) is 78.3 cm³/mol. The van der Waals surface area contributed by atoms with Crippen LogP contribution in [-0.2, 0) is 6.42 Å². The molecule has 0 aliphatic rings. The fourth-order valence-electron chi connectivity index (χ4n) is 2.27. The number of rotatable bonds is 3. The SMILES string of the molecule is CCCc1noc(-c2c(O)c3cc(C)ccc3[nH]c2=O)n1. The lowest BCUT2D eigenvalue weighted by Crippen LogP contribution is -2.09. The van der Waals surface area contributed by atoms with Crippen LogP contribution in [0.1, 0.15) is 24.7 Å². The third kappa shape index (κ3) is 2.29. The van der Waals surface area contributed by atoms with Gasteiger partial charge in [0.2, 0.25) is 0 Å². The Bertz CT molecular complexity index is 864. The molecule has 0 radical (unpaired) electrons. The summed E-state index contributed by atoms with van der Waals surface area (Å²) >= 11 is 0. The van der Waals surface area contributed by atoms with Gasteiger partial charge in [0.25, 0.3) is 11.4 Å². The van der Waals surface area contributed by atoms with E-state index in [1.807, 2.05) is 19.9 Å². The van der Waals surface area contributed by atoms with E-state index in [1.54, 1.807) is 12.1 Å². The third-order valence-electron chi connectivity index (χ3n) is 3.30. The number of hydrogen-bond acceptors (Lipinski definition) is 5. The van der Waals surface area contributed by atoms with Gasteiger partial charge in [0, 0.05) is 11.8 Å². The minimum absolute atomic E-state index is 0.0166. The molecule has 3 rings (SSSR count). The highest BCUT2D eigenvalue weighted by Crippen LogP contribution is 2.31. The summed E-state index contributed by atoms with van der Waals surface area (Å²) in [5.74, 6) is 0.431. The first-order valence-electron chi connectivity index (χ1n) is 6.78. The van der Waals surface area contributed by atoms with Gasteiger partial charge < -0.3 is 14.6 Å². The van der Waals surface area contributed by atoms with Crippen LogP contribution in [0.25, 0.3) is 22.4 Å². The highest BCUT2D eigenvalue weighted by atomic mass is 16.5. The van der Waals surface area contributed by atoms with E-state index in [2.05, 4.69) is 15.1 Å². The monoisotopic (exact) mass is 285 g/mol. The average molecular weight is 285 g/mol. The van der Waals surface area contributed by atoms with Crippen molar-refractivity contribution < 1.29 is 9.63 Å². The summed E-state index contributed by atoms with van der Waals surface area (Å²) in [4.78, 5) is 19.0. The zero-order valence-corrected chi connectivity index (χ0v) is 11.8. The number of aromatic nitrogens is 3. The molecule has 0 spiro atoms. The number of aromatic amines is 1. The lowest BCUT2D eigenvalue weighted by molar-refractivity contribution is 0.417. The predicted octanol–water partition coefficient (Wildman–Crippen LogP) is 2.54. The van der Waals surface area contributed by atoms with Crippen molar-refractivity contribution in [1.29, 1.82) is 0 Å². The van der Waals surface area contributed by atoms with Gasteiger partial charge in [-0.3, -0.25) is 4.79 Å². The minimum atomic E-state index is -0.449. The van der Waals surface area contributed by atoms with E-state index in [1.165, 1.54) is 0 Å². The number of fused-ring (bicyclic) bond motifs is 1. The van der Waals surface area contributed by atoms with E-state index < -0.39 is 5.56 Å². The molecule has 0 fully saturated rings. The maximum atomic E-state index is 12.2. The van der Waals surface area contributed by atoms with Crippen LogP contribution < -0.4 is 5.56 Å². The second-order valence-electron chi connectivity index (χ2n) is 4.99. The lowest BCUT2D eigenvalue weighted by atomic mass is 10.1. The number of pyridine rings is 1. The van der Waals surface area contributed by atoms with Crippen LogP contribution >= 0.6 is 0 Å². The Morgan fingerprint density at radius 2 is 2.19 bits per heavy atom. The molecule has 0 aliphatic carbocycles. The van der Waals surface area contributed by atoms with Gasteiger partial charge in [0.15, 0.2) is 5.82 Å². The smallest absolute Gasteiger partial charge is 0.267 e. The fraction of sp³-hybridized carbons (Fsp3) is 0.267. The Morgan fingerprint density at radius 3 is 2.95 bits per heavy atom. The normalized spacial score (nSPS) is 11.1. The molecule has 3 aromatic rings. The van der Waals surface area contributed by atoms with Crippen molar-refractivity contribution >= 4 is 10.9 Å². The second-order valence-corrected chi connectivity index (χ2v) is 4.99. The molecule has 6 heteroatoms. The van der Waals surface area contributed by atoms with Crippen molar-refractivity contribution in [1.82, 2.24) is 15.1 Å². The lowest BCUT2D eigenvalue weighted by Gasteiger charge is -2.05. The largest absolute Gasteiger partial charge is 0.506 e. The molecule has 0 atom stereocenters. The number of hydrogen-bond donors (Lipinski definition) is 2. The van der Waals surface area contributed by atoms with Crippen molar-refractivity contribution in [3.63, 3.8) is 0 Å². The van der Waals surface area contributed by atoms with Crippen LogP contribution in [0.3, 0.4) is 0 Å². The molecule has 0 unspecified atom stereocenters. The number of H-pyrrole nitrogens is 1. The topological polar surface area (TPSA) is 92.0 Å². The van der Waals surface area contributed by atoms with Gasteiger partial charge in [0.1, 0.15) is 11.3 Å². The fourth-order valence-corrected chi connectivity index (χ4v) is 2.27. The van der Waals surface area contributed by atoms with Crippen molar-refractivity contribution in [2.75, 3.05) is 0 Å². The second kappa shape index (κ2) is 5.05. The summed E-state index contributed by atoms with van der Waals surface area (Å²) < 4.78 is 5.10. The Kier molecular flexibility index (Phi) is 3.21. The van der Waals surface area contributed by atoms with E-state index in [4.69, 9.17) is 4.52 Å². The summed E-state index contributed by atoms with van der Waals surface area (Å²) in [5, 5.41) is 14.8. The number of aromatic hydroxyl groups is 1. The van der Waals surface area contributed by atoms with Gasteiger partial charge in [-0.1, -0.05) is 23.7 Å². The Balaban J connectivity index is 2.23. The number of aryl methyl sites for hydroxylation is 2. The van der Waals surface area contributed by atoms with Gasteiger partial charge in [-0.15, -0.1) is 0 Å². The number of benzene rings is 1. The summed E-state index contributed by atoms with van der Waals surface area (Å²) in [6.45, 7) is 3.91. The highest BCUT2D eigenvalue weighted by Gasteiger charge is 2.19. The first-order chi connectivity index (χ1) is 10.1. The molecule has 2 N–H and O–H groups in total. The molecule has 6 nitrogen and oxygen atoms in total. The van der Waals surface area contributed by atoms with Crippen LogP contribution in [0.5, 0.6) is 5.75 Å². The van der Waals surface area contributed by atoms with Gasteiger partial charge in [0.05, 0.1) is 5.52 Å². The van der Waals surface area contributed by atoms with Crippen LogP contribution in [0.2, 0.25) is 0 Å². The van der Waals surface area contributed by atoms with E-state index in [9.17, 15) is 9.90 Å². The molecule has 0 saturated carbocycles. The highest BCUT2D eigenvalue weighted by molar-refractivity contribution is 5.90. The van der Waals surface area contributed by atoms with Crippen LogP contribution in [0, 0.1) is 6.92 Å². The Hall–Kier alpha value is -2.63. The van der Waals surface area contributed by atoms with E-state index in [-0.39, 0.29) is 17.2 Å². The molecule has 0 amide bonds. The molecule has 1 aromatic carbocycles. The molecule has 2 heterocycles. The Labute approximate surface area is 120 Å². The maximum absolute atomic E-state index is 12.2. The molecule has 108 valence electrons. The van der Waals surface area contributed by atoms with E-state index in [0.29, 0.717) is 23.1 Å². The number of nitrogens with zero attached hydrogens (tertiary/aromatic N) is 2. The summed E-state index contributed by atoms with van der Waals surface area (Å²) in [7, 11) is 0. The summed E-state index contributed by atoms with van der Waals surface area (Å²) in [6, 6.07) is 5.42. The average Bonchev–Trinajstić information content (AvgIpc) is 2.89. The van der Waals surface area contributed by atoms with Gasteiger partial charge in [-0.05, 0) is 25.5 Å². The number of nitrogens with one attached hydrogen (secondary N) is 1.